The molecule has 24 heavy (non-hydrogen) atoms. The van der Waals surface area contributed by atoms with Gasteiger partial charge in [0.1, 0.15) is 11.2 Å². The Kier molecular flexibility index (Phi) is 5.23. The van der Waals surface area contributed by atoms with Gasteiger partial charge in [-0.15, -0.1) is 0 Å². The van der Waals surface area contributed by atoms with Gasteiger partial charge in [-0.1, -0.05) is 12.1 Å². The minimum atomic E-state index is -2.62. The number of methoxy groups -OCH3 is 1. The molecule has 0 spiro atoms. The quantitative estimate of drug-likeness (QED) is 0.849. The zero-order chi connectivity index (χ0) is 17.9. The highest BCUT2D eigenvalue weighted by molar-refractivity contribution is 7.61. The number of ether oxygens (including phenoxy) is 1. The summed E-state index contributed by atoms with van der Waals surface area (Å²) in [7, 11) is 0.330. The van der Waals surface area contributed by atoms with Crippen molar-refractivity contribution in [1.82, 2.24) is 10.2 Å². The summed E-state index contributed by atoms with van der Waals surface area (Å²) in [4.78, 5) is 26.0. The molecule has 0 bridgehead atoms. The van der Waals surface area contributed by atoms with Crippen LogP contribution in [-0.4, -0.2) is 52.0 Å². The Morgan fingerprint density at radius 3 is 2.46 bits per heavy atom. The second kappa shape index (κ2) is 7.00. The predicted molar refractivity (Wildman–Crippen MR) is 86.3 cm³/mol. The lowest BCUT2D eigenvalue weighted by Gasteiger charge is -2.25. The molecule has 2 rings (SSSR count). The molecular weight excluding hydrogens is 334 g/mol. The van der Waals surface area contributed by atoms with E-state index in [-0.39, 0.29) is 13.0 Å². The van der Waals surface area contributed by atoms with Crippen molar-refractivity contribution in [1.29, 1.82) is 0 Å². The van der Waals surface area contributed by atoms with Gasteiger partial charge in [0.25, 0.3) is 0 Å². The van der Waals surface area contributed by atoms with E-state index in [2.05, 4.69) is 9.68 Å². The van der Waals surface area contributed by atoms with Crippen molar-refractivity contribution in [3.05, 3.63) is 29.8 Å². The first-order chi connectivity index (χ1) is 11.4. The fourth-order valence-electron chi connectivity index (χ4n) is 2.78. The summed E-state index contributed by atoms with van der Waals surface area (Å²) < 4.78 is 30.5. The van der Waals surface area contributed by atoms with E-state index in [9.17, 15) is 18.0 Å². The molecule has 0 aromatic heterocycles. The number of hydrogen-bond donors (Lipinski definition) is 1. The van der Waals surface area contributed by atoms with Crippen molar-refractivity contribution in [2.45, 2.75) is 24.8 Å². The molecule has 3 amide bonds. The Hall–Kier alpha value is -2.42. The normalized spacial score (nSPS) is 21.5. The summed E-state index contributed by atoms with van der Waals surface area (Å²) in [5.41, 5.74) is -0.538. The fourth-order valence-corrected chi connectivity index (χ4v) is 3.25. The van der Waals surface area contributed by atoms with Gasteiger partial charge in [-0.3, -0.25) is 9.69 Å². The van der Waals surface area contributed by atoms with Crippen LogP contribution in [0.1, 0.15) is 18.9 Å². The average Bonchev–Trinajstić information content (AvgIpc) is 3.29. The van der Waals surface area contributed by atoms with Crippen molar-refractivity contribution in [3.8, 4) is 5.75 Å². The molecule has 1 N–H and O–H groups in total. The highest BCUT2D eigenvalue weighted by Crippen LogP contribution is 2.52. The molecule has 0 heterocycles. The van der Waals surface area contributed by atoms with Crippen LogP contribution < -0.4 is 10.1 Å². The van der Waals surface area contributed by atoms with Gasteiger partial charge in [0.2, 0.25) is 5.91 Å². The third-order valence-corrected chi connectivity index (χ3v) is 4.57. The van der Waals surface area contributed by atoms with Crippen LogP contribution in [0.5, 0.6) is 5.75 Å². The molecular formula is C15H19N3O5S. The van der Waals surface area contributed by atoms with E-state index in [0.29, 0.717) is 11.3 Å². The number of nitrogens with one attached hydrogen (secondary N) is 1. The number of rotatable bonds is 5. The molecule has 8 nitrogen and oxygen atoms in total. The van der Waals surface area contributed by atoms with Crippen molar-refractivity contribution in [3.63, 3.8) is 0 Å². The molecule has 1 aromatic rings. The van der Waals surface area contributed by atoms with Crippen molar-refractivity contribution < 1.29 is 22.7 Å². The van der Waals surface area contributed by atoms with Crippen LogP contribution in [0.15, 0.2) is 28.6 Å². The zero-order valence-electron chi connectivity index (χ0n) is 13.6. The minimum absolute atomic E-state index is 0.170. The van der Waals surface area contributed by atoms with Gasteiger partial charge in [-0.2, -0.15) is 12.8 Å². The van der Waals surface area contributed by atoms with Gasteiger partial charge in [0.15, 0.2) is 0 Å². The Morgan fingerprint density at radius 1 is 1.38 bits per heavy atom. The molecule has 1 fully saturated rings. The fraction of sp³-hybridized carbons (Fsp3) is 0.467. The first-order valence-corrected chi connectivity index (χ1v) is 8.42. The van der Waals surface area contributed by atoms with Gasteiger partial charge < -0.3 is 10.1 Å². The number of carbonyl (C=O) groups excluding carboxylic acids is 2. The van der Waals surface area contributed by atoms with Crippen LogP contribution >= 0.6 is 0 Å². The monoisotopic (exact) mass is 353 g/mol. The maximum Gasteiger partial charge on any atom is 0.323 e. The first kappa shape index (κ1) is 17.9. The topological polar surface area (TPSA) is 105 Å². The van der Waals surface area contributed by atoms with Gasteiger partial charge >= 0.3 is 16.5 Å². The lowest BCUT2D eigenvalue weighted by Crippen LogP contribution is -2.48. The van der Waals surface area contributed by atoms with E-state index >= 15 is 0 Å². The maximum absolute atomic E-state index is 13.0. The van der Waals surface area contributed by atoms with Gasteiger partial charge in [-0.05, 0) is 31.0 Å². The summed E-state index contributed by atoms with van der Waals surface area (Å²) in [6.07, 6.45) is 0.236. The number of benzene rings is 1. The highest BCUT2D eigenvalue weighted by atomic mass is 32.2. The third-order valence-electron chi connectivity index (χ3n) is 4.14. The first-order valence-electron chi connectivity index (χ1n) is 7.39. The van der Waals surface area contributed by atoms with Crippen LogP contribution in [0, 0.1) is 0 Å². The van der Waals surface area contributed by atoms with Crippen molar-refractivity contribution in [2.24, 2.45) is 4.36 Å². The van der Waals surface area contributed by atoms with Crippen LogP contribution in [0.25, 0.3) is 0 Å². The van der Waals surface area contributed by atoms with Crippen LogP contribution in [-0.2, 0) is 20.7 Å². The van der Waals surface area contributed by atoms with Crippen molar-refractivity contribution in [2.75, 3.05) is 20.7 Å². The van der Waals surface area contributed by atoms with E-state index in [4.69, 9.17) is 4.74 Å². The lowest BCUT2D eigenvalue weighted by atomic mass is 9.93. The van der Waals surface area contributed by atoms with E-state index in [0.717, 1.165) is 4.90 Å². The van der Waals surface area contributed by atoms with Crippen molar-refractivity contribution >= 4 is 22.4 Å². The zero-order valence-corrected chi connectivity index (χ0v) is 14.5. The molecule has 1 saturated carbocycles. The summed E-state index contributed by atoms with van der Waals surface area (Å²) >= 11 is 0. The molecule has 130 valence electrons. The van der Waals surface area contributed by atoms with Gasteiger partial charge in [0, 0.05) is 13.6 Å². The Balaban J connectivity index is 2.47. The van der Waals surface area contributed by atoms with E-state index in [1.54, 1.807) is 31.2 Å². The number of nitrogens with zero attached hydrogens (tertiary/aromatic N) is 2. The molecule has 1 aromatic carbocycles. The van der Waals surface area contributed by atoms with E-state index in [1.165, 1.54) is 14.2 Å². The molecule has 1 aliphatic rings. The minimum Gasteiger partial charge on any atom is -0.497 e. The second-order valence-corrected chi connectivity index (χ2v) is 5.99. The molecule has 2 unspecified atom stereocenters. The molecule has 1 aliphatic carbocycles. The van der Waals surface area contributed by atoms with Gasteiger partial charge in [0.05, 0.1) is 13.2 Å². The third kappa shape index (κ3) is 3.12. The summed E-state index contributed by atoms with van der Waals surface area (Å²) in [5.74, 6) is 0.148. The number of likely N-dealkylation sites (N-methyl/N-ethyl adjacent to an activating group) is 1. The molecule has 9 heteroatoms. The molecule has 0 aliphatic heterocycles. The lowest BCUT2D eigenvalue weighted by molar-refractivity contribution is -0.130. The standard InChI is InChI=1S/C15H19N3O5S/c1-4-18(14(20)16-2)13(19)15(9-12(15)17-24(21)22)10-5-7-11(23-3)8-6-10/h5-8,12H,4,9H2,1-3H3,(H,16,20). The average molecular weight is 353 g/mol. The smallest absolute Gasteiger partial charge is 0.323 e. The van der Waals surface area contributed by atoms with E-state index in [1.807, 2.05) is 0 Å². The number of carbonyl (C=O) groups is 2. The summed E-state index contributed by atoms with van der Waals surface area (Å²) in [5, 5.41) is 2.42. The Labute approximate surface area is 141 Å². The molecule has 0 saturated heterocycles. The van der Waals surface area contributed by atoms with Crippen LogP contribution in [0.2, 0.25) is 0 Å². The van der Waals surface area contributed by atoms with Crippen LogP contribution in [0.3, 0.4) is 0 Å². The van der Waals surface area contributed by atoms with Gasteiger partial charge in [-0.25, -0.2) is 4.79 Å². The number of amides is 3. The van der Waals surface area contributed by atoms with Crippen LogP contribution in [0.4, 0.5) is 4.79 Å². The SMILES string of the molecule is CCN(C(=O)NC)C(=O)C1(c2ccc(OC)cc2)CC1N=S(=O)=O. The number of hydrogen-bond acceptors (Lipinski definition) is 6. The number of urea groups is 1. The summed E-state index contributed by atoms with van der Waals surface area (Å²) in [6, 6.07) is 5.50. The highest BCUT2D eigenvalue weighted by Gasteiger charge is 2.64. The van der Waals surface area contributed by atoms with E-state index < -0.39 is 33.9 Å². The summed E-state index contributed by atoms with van der Waals surface area (Å²) in [6.45, 7) is 1.85. The Morgan fingerprint density at radius 2 is 2.00 bits per heavy atom. The maximum atomic E-state index is 13.0. The molecule has 2 atom stereocenters. The molecule has 0 radical (unpaired) electrons. The Bertz CT molecular complexity index is 767. The largest absolute Gasteiger partial charge is 0.497 e. The second-order valence-electron chi connectivity index (χ2n) is 5.35. The number of imide groups is 1. The predicted octanol–water partition coefficient (Wildman–Crippen LogP) is 0.956.